The molecule has 3 heterocycles. The number of H-pyrrole nitrogens is 1. The van der Waals surface area contributed by atoms with Gasteiger partial charge in [0, 0.05) is 6.20 Å². The summed E-state index contributed by atoms with van der Waals surface area (Å²) >= 11 is 0. The molecular formula is C18H14F3N7O3. The van der Waals surface area contributed by atoms with Gasteiger partial charge in [0.25, 0.3) is 0 Å². The van der Waals surface area contributed by atoms with Gasteiger partial charge in [0.15, 0.2) is 0 Å². The van der Waals surface area contributed by atoms with Crippen LogP contribution in [0.3, 0.4) is 0 Å². The lowest BCUT2D eigenvalue weighted by atomic mass is 10.2. The van der Waals surface area contributed by atoms with Crippen LogP contribution in [0.25, 0.3) is 17.2 Å². The lowest BCUT2D eigenvalue weighted by Gasteiger charge is -2.09. The van der Waals surface area contributed by atoms with Crippen LogP contribution in [0.4, 0.5) is 13.2 Å². The minimum Gasteiger partial charge on any atom is -0.493 e. The third kappa shape index (κ3) is 4.10. The lowest BCUT2D eigenvalue weighted by Crippen LogP contribution is -2.24. The minimum absolute atomic E-state index is 0.105. The monoisotopic (exact) mass is 433 g/mol. The molecule has 1 aromatic carbocycles. The molecule has 2 N–H and O–H groups in total. The van der Waals surface area contributed by atoms with Gasteiger partial charge in [-0.1, -0.05) is 0 Å². The second kappa shape index (κ2) is 7.59. The molecule has 0 saturated heterocycles. The molecule has 0 radical (unpaired) electrons. The Hall–Kier alpha value is -4.16. The molecule has 4 rings (SSSR count). The van der Waals surface area contributed by atoms with Crippen LogP contribution in [0.15, 0.2) is 47.4 Å². The first-order valence-corrected chi connectivity index (χ1v) is 8.79. The number of ether oxygens (including phenoxy) is 1. The number of tetrazole rings is 1. The predicted octanol–water partition coefficient (Wildman–Crippen LogP) is 2.18. The average Bonchev–Trinajstić information content (AvgIpc) is 3.32. The number of nitrogens with one attached hydrogen (secondary N) is 1. The Labute approximate surface area is 171 Å². The van der Waals surface area contributed by atoms with Crippen molar-refractivity contribution in [1.29, 1.82) is 0 Å². The summed E-state index contributed by atoms with van der Waals surface area (Å²) in [6, 6.07) is 7.96. The highest BCUT2D eigenvalue weighted by atomic mass is 19.4. The van der Waals surface area contributed by atoms with E-state index in [0.29, 0.717) is 11.3 Å². The molecule has 13 heteroatoms. The van der Waals surface area contributed by atoms with E-state index in [0.717, 1.165) is 16.7 Å². The predicted molar refractivity (Wildman–Crippen MR) is 99.6 cm³/mol. The molecule has 0 amide bonds. The molecule has 0 saturated carbocycles. The van der Waals surface area contributed by atoms with Gasteiger partial charge in [-0.05, 0) is 54.1 Å². The smallest absolute Gasteiger partial charge is 0.493 e. The highest BCUT2D eigenvalue weighted by molar-refractivity contribution is 5.48. The van der Waals surface area contributed by atoms with Crippen LogP contribution in [0, 0.1) is 6.92 Å². The van der Waals surface area contributed by atoms with Gasteiger partial charge in [0.2, 0.25) is 11.7 Å². The van der Waals surface area contributed by atoms with E-state index in [4.69, 9.17) is 0 Å². The van der Waals surface area contributed by atoms with E-state index in [-0.39, 0.29) is 29.6 Å². The molecule has 0 spiro atoms. The fourth-order valence-corrected chi connectivity index (χ4v) is 3.00. The van der Waals surface area contributed by atoms with E-state index < -0.39 is 17.8 Å². The number of hydrogen-bond donors (Lipinski definition) is 2. The first-order chi connectivity index (χ1) is 14.7. The van der Waals surface area contributed by atoms with Crippen LogP contribution >= 0.6 is 0 Å². The molecule has 0 fully saturated rings. The van der Waals surface area contributed by atoms with Crippen molar-refractivity contribution in [2.75, 3.05) is 0 Å². The van der Waals surface area contributed by atoms with E-state index in [1.54, 1.807) is 19.1 Å². The van der Waals surface area contributed by atoms with Crippen LogP contribution in [0.1, 0.15) is 11.3 Å². The standard InChI is InChI=1S/C18H14F3N7O3/c1-10-16(29)28(12-2-4-13(5-3-12)31-18(19,20)21)17(30)27(10)9-11-6-7-22-14(8-11)15-23-25-26-24-15/h2-8,29H,9H2,1H3,(H,23,24,25,26). The van der Waals surface area contributed by atoms with Gasteiger partial charge in [-0.25, -0.2) is 9.36 Å². The van der Waals surface area contributed by atoms with Gasteiger partial charge in [0.05, 0.1) is 17.9 Å². The maximum absolute atomic E-state index is 12.9. The Balaban J connectivity index is 1.66. The van der Waals surface area contributed by atoms with Crippen molar-refractivity contribution in [1.82, 2.24) is 34.7 Å². The molecule has 0 aliphatic heterocycles. The normalized spacial score (nSPS) is 11.6. The van der Waals surface area contributed by atoms with E-state index in [1.807, 2.05) is 0 Å². The third-order valence-corrected chi connectivity index (χ3v) is 4.43. The molecule has 0 aliphatic rings. The van der Waals surface area contributed by atoms with Crippen LogP contribution in [0.2, 0.25) is 0 Å². The Morgan fingerprint density at radius 3 is 2.58 bits per heavy atom. The van der Waals surface area contributed by atoms with E-state index in [9.17, 15) is 23.1 Å². The molecule has 0 atom stereocenters. The summed E-state index contributed by atoms with van der Waals surface area (Å²) < 4.78 is 43.2. The zero-order valence-electron chi connectivity index (χ0n) is 15.8. The molecule has 0 bridgehead atoms. The zero-order valence-corrected chi connectivity index (χ0v) is 15.8. The Morgan fingerprint density at radius 1 is 1.19 bits per heavy atom. The number of imidazole rings is 1. The molecular weight excluding hydrogens is 419 g/mol. The first-order valence-electron chi connectivity index (χ1n) is 8.79. The highest BCUT2D eigenvalue weighted by Gasteiger charge is 2.31. The van der Waals surface area contributed by atoms with E-state index in [1.165, 1.54) is 22.9 Å². The van der Waals surface area contributed by atoms with Crippen molar-refractivity contribution >= 4 is 0 Å². The Bertz CT molecular complexity index is 1260. The summed E-state index contributed by atoms with van der Waals surface area (Å²) in [6.07, 6.45) is -3.30. The second-order valence-electron chi connectivity index (χ2n) is 6.44. The zero-order chi connectivity index (χ0) is 22.2. The van der Waals surface area contributed by atoms with Crippen molar-refractivity contribution in [3.8, 4) is 28.8 Å². The van der Waals surface area contributed by atoms with Crippen molar-refractivity contribution in [3.05, 3.63) is 64.3 Å². The molecule has 4 aromatic rings. The van der Waals surface area contributed by atoms with Gasteiger partial charge in [-0.15, -0.1) is 23.4 Å². The van der Waals surface area contributed by atoms with Gasteiger partial charge >= 0.3 is 12.1 Å². The highest BCUT2D eigenvalue weighted by Crippen LogP contribution is 2.26. The number of rotatable bonds is 5. The lowest BCUT2D eigenvalue weighted by molar-refractivity contribution is -0.274. The van der Waals surface area contributed by atoms with Crippen molar-refractivity contribution in [2.24, 2.45) is 0 Å². The number of hydrogen-bond acceptors (Lipinski definition) is 7. The SMILES string of the molecule is Cc1c(O)n(-c2ccc(OC(F)(F)F)cc2)c(=O)n1Cc1ccnc(-c2nn[nH]n2)c1. The van der Waals surface area contributed by atoms with Crippen LogP contribution < -0.4 is 10.4 Å². The number of benzene rings is 1. The topological polar surface area (TPSA) is 124 Å². The third-order valence-electron chi connectivity index (χ3n) is 4.43. The number of aromatic hydroxyl groups is 1. The first kappa shape index (κ1) is 20.1. The number of aromatic nitrogens is 7. The summed E-state index contributed by atoms with van der Waals surface area (Å²) in [5.74, 6) is -0.486. The van der Waals surface area contributed by atoms with Crippen molar-refractivity contribution in [2.45, 2.75) is 19.8 Å². The molecule has 0 unspecified atom stereocenters. The maximum atomic E-state index is 12.9. The number of pyridine rings is 1. The fraction of sp³-hybridized carbons (Fsp3) is 0.167. The largest absolute Gasteiger partial charge is 0.573 e. The summed E-state index contributed by atoms with van der Waals surface area (Å²) in [5, 5.41) is 24.0. The molecule has 3 aromatic heterocycles. The fourth-order valence-electron chi connectivity index (χ4n) is 3.00. The molecule has 0 aliphatic carbocycles. The van der Waals surface area contributed by atoms with Crippen molar-refractivity contribution < 1.29 is 23.0 Å². The molecule has 31 heavy (non-hydrogen) atoms. The van der Waals surface area contributed by atoms with Crippen molar-refractivity contribution in [3.63, 3.8) is 0 Å². The van der Waals surface area contributed by atoms with E-state index in [2.05, 4.69) is 30.3 Å². The summed E-state index contributed by atoms with van der Waals surface area (Å²) in [7, 11) is 0. The van der Waals surface area contributed by atoms with Gasteiger partial charge < -0.3 is 9.84 Å². The number of halogens is 3. The number of aromatic amines is 1. The number of alkyl halides is 3. The van der Waals surface area contributed by atoms with E-state index >= 15 is 0 Å². The van der Waals surface area contributed by atoms with Gasteiger partial charge in [-0.3, -0.25) is 9.55 Å². The van der Waals surface area contributed by atoms with Crippen LogP contribution in [0.5, 0.6) is 11.6 Å². The average molecular weight is 433 g/mol. The summed E-state index contributed by atoms with van der Waals surface area (Å²) in [6.45, 7) is 1.66. The van der Waals surface area contributed by atoms with Gasteiger partial charge in [-0.2, -0.15) is 5.21 Å². The minimum atomic E-state index is -4.83. The van der Waals surface area contributed by atoms with Crippen LogP contribution in [-0.2, 0) is 6.54 Å². The van der Waals surface area contributed by atoms with Gasteiger partial charge in [0.1, 0.15) is 11.4 Å². The summed E-state index contributed by atoms with van der Waals surface area (Å²) in [4.78, 5) is 17.1. The molecule has 160 valence electrons. The summed E-state index contributed by atoms with van der Waals surface area (Å²) in [5.41, 5.74) is 1.02. The second-order valence-corrected chi connectivity index (χ2v) is 6.44. The maximum Gasteiger partial charge on any atom is 0.573 e. The number of nitrogens with zero attached hydrogens (tertiary/aromatic N) is 6. The quantitative estimate of drug-likeness (QED) is 0.494. The van der Waals surface area contributed by atoms with Crippen LogP contribution in [-0.4, -0.2) is 46.2 Å². The Morgan fingerprint density at radius 2 is 1.94 bits per heavy atom. The Kier molecular flexibility index (Phi) is 4.93. The molecule has 10 nitrogen and oxygen atoms in total.